The number of nitrogens with one attached hydrogen (secondary N) is 2. The summed E-state index contributed by atoms with van der Waals surface area (Å²) >= 11 is 0. The van der Waals surface area contributed by atoms with Crippen LogP contribution < -0.4 is 15.4 Å². The van der Waals surface area contributed by atoms with Crippen molar-refractivity contribution in [2.45, 2.75) is 50.4 Å². The standard InChI is InChI=1S/C16H22N2O3.ClH/c19-12-9-15(17-10-12)16(20)18-11-5-7-14(8-6-11)21-13-3-1-2-4-13;/h5-8,12-13,15,17,19H,1-4,9-10H2,(H,18,20);1H. The van der Waals surface area contributed by atoms with Crippen molar-refractivity contribution in [3.05, 3.63) is 24.3 Å². The molecule has 0 bridgehead atoms. The Morgan fingerprint density at radius 2 is 1.91 bits per heavy atom. The van der Waals surface area contributed by atoms with Gasteiger partial charge in [0.05, 0.1) is 18.2 Å². The summed E-state index contributed by atoms with van der Waals surface area (Å²) in [7, 11) is 0. The van der Waals surface area contributed by atoms with E-state index in [1.807, 2.05) is 24.3 Å². The second kappa shape index (κ2) is 7.81. The topological polar surface area (TPSA) is 70.6 Å². The molecule has 22 heavy (non-hydrogen) atoms. The molecule has 2 unspecified atom stereocenters. The van der Waals surface area contributed by atoms with Crippen molar-refractivity contribution < 1.29 is 14.6 Å². The van der Waals surface area contributed by atoms with Crippen molar-refractivity contribution in [2.75, 3.05) is 11.9 Å². The second-order valence-electron chi connectivity index (χ2n) is 5.89. The van der Waals surface area contributed by atoms with E-state index in [1.165, 1.54) is 12.8 Å². The molecule has 1 saturated carbocycles. The Hall–Kier alpha value is -1.30. The Bertz CT molecular complexity index is 489. The molecule has 3 N–H and O–H groups in total. The average molecular weight is 327 g/mol. The largest absolute Gasteiger partial charge is 0.490 e. The third-order valence-electron chi connectivity index (χ3n) is 4.15. The van der Waals surface area contributed by atoms with Crippen LogP contribution in [0.5, 0.6) is 5.75 Å². The number of carbonyl (C=O) groups is 1. The van der Waals surface area contributed by atoms with Gasteiger partial charge in [0.15, 0.2) is 0 Å². The fourth-order valence-electron chi connectivity index (χ4n) is 2.96. The minimum absolute atomic E-state index is 0. The first-order valence-corrected chi connectivity index (χ1v) is 7.70. The molecule has 2 fully saturated rings. The molecule has 1 amide bonds. The predicted molar refractivity (Wildman–Crippen MR) is 87.6 cm³/mol. The van der Waals surface area contributed by atoms with Gasteiger partial charge >= 0.3 is 0 Å². The Morgan fingerprint density at radius 3 is 2.50 bits per heavy atom. The fraction of sp³-hybridized carbons (Fsp3) is 0.562. The molecule has 122 valence electrons. The smallest absolute Gasteiger partial charge is 0.241 e. The molecule has 2 atom stereocenters. The molecule has 1 heterocycles. The van der Waals surface area contributed by atoms with Crippen molar-refractivity contribution in [3.8, 4) is 5.75 Å². The molecule has 0 radical (unpaired) electrons. The SMILES string of the molecule is Cl.O=C(Nc1ccc(OC2CCCC2)cc1)C1CC(O)CN1. The summed E-state index contributed by atoms with van der Waals surface area (Å²) in [5.74, 6) is 0.755. The highest BCUT2D eigenvalue weighted by atomic mass is 35.5. The Labute approximate surface area is 136 Å². The van der Waals surface area contributed by atoms with Crippen molar-refractivity contribution in [1.82, 2.24) is 5.32 Å². The number of benzene rings is 1. The Kier molecular flexibility index (Phi) is 6.06. The number of halogens is 1. The number of anilines is 1. The van der Waals surface area contributed by atoms with Crippen LogP contribution in [0.2, 0.25) is 0 Å². The highest BCUT2D eigenvalue weighted by Crippen LogP contribution is 2.25. The van der Waals surface area contributed by atoms with Crippen LogP contribution in [-0.2, 0) is 4.79 Å². The number of hydrogen-bond donors (Lipinski definition) is 3. The van der Waals surface area contributed by atoms with E-state index in [-0.39, 0.29) is 24.4 Å². The number of β-amino-alcohol motifs (C(OH)–C–C–N with tert-alkyl or cyclic N) is 1. The van der Waals surface area contributed by atoms with Gasteiger partial charge < -0.3 is 20.5 Å². The normalized spacial score (nSPS) is 24.8. The van der Waals surface area contributed by atoms with Crippen LogP contribution in [0.4, 0.5) is 5.69 Å². The van der Waals surface area contributed by atoms with Gasteiger partial charge in [0.25, 0.3) is 0 Å². The molecule has 0 spiro atoms. The van der Waals surface area contributed by atoms with E-state index in [2.05, 4.69) is 10.6 Å². The van der Waals surface area contributed by atoms with E-state index >= 15 is 0 Å². The predicted octanol–water partition coefficient (Wildman–Crippen LogP) is 2.09. The summed E-state index contributed by atoms with van der Waals surface area (Å²) in [5.41, 5.74) is 0.752. The number of rotatable bonds is 4. The summed E-state index contributed by atoms with van der Waals surface area (Å²) in [5, 5.41) is 15.3. The molecule has 1 saturated heterocycles. The summed E-state index contributed by atoms with van der Waals surface area (Å²) in [6.07, 6.45) is 5.15. The molecule has 6 heteroatoms. The molecular weight excluding hydrogens is 304 g/mol. The van der Waals surface area contributed by atoms with Gasteiger partial charge in [0.2, 0.25) is 5.91 Å². The van der Waals surface area contributed by atoms with Crippen LogP contribution in [0.3, 0.4) is 0 Å². The number of aliphatic hydroxyl groups is 1. The first-order valence-electron chi connectivity index (χ1n) is 7.70. The lowest BCUT2D eigenvalue weighted by Crippen LogP contribution is -2.35. The average Bonchev–Trinajstić information content (AvgIpc) is 3.12. The number of hydrogen-bond acceptors (Lipinski definition) is 4. The van der Waals surface area contributed by atoms with Crippen LogP contribution >= 0.6 is 12.4 Å². The van der Waals surface area contributed by atoms with Crippen molar-refractivity contribution in [3.63, 3.8) is 0 Å². The Morgan fingerprint density at radius 1 is 1.23 bits per heavy atom. The molecule has 1 aliphatic heterocycles. The Balaban J connectivity index is 0.00000176. The first-order chi connectivity index (χ1) is 10.2. The lowest BCUT2D eigenvalue weighted by atomic mass is 10.2. The summed E-state index contributed by atoms with van der Waals surface area (Å²) in [6, 6.07) is 7.19. The van der Waals surface area contributed by atoms with Crippen molar-refractivity contribution in [1.29, 1.82) is 0 Å². The molecule has 1 aromatic rings. The van der Waals surface area contributed by atoms with Crippen LogP contribution in [0.1, 0.15) is 32.1 Å². The van der Waals surface area contributed by atoms with E-state index in [4.69, 9.17) is 4.74 Å². The van der Waals surface area contributed by atoms with Crippen molar-refractivity contribution in [2.24, 2.45) is 0 Å². The lowest BCUT2D eigenvalue weighted by molar-refractivity contribution is -0.117. The van der Waals surface area contributed by atoms with Crippen LogP contribution in [0, 0.1) is 0 Å². The highest BCUT2D eigenvalue weighted by Gasteiger charge is 2.27. The van der Waals surface area contributed by atoms with Crippen molar-refractivity contribution >= 4 is 24.0 Å². The van der Waals surface area contributed by atoms with Gasteiger partial charge in [-0.2, -0.15) is 0 Å². The highest BCUT2D eigenvalue weighted by molar-refractivity contribution is 5.95. The number of aliphatic hydroxyl groups excluding tert-OH is 1. The van der Waals surface area contributed by atoms with Crippen LogP contribution in [0.25, 0.3) is 0 Å². The zero-order valence-electron chi connectivity index (χ0n) is 12.5. The van der Waals surface area contributed by atoms with Crippen LogP contribution in [0.15, 0.2) is 24.3 Å². The van der Waals surface area contributed by atoms with Gasteiger partial charge in [-0.3, -0.25) is 4.79 Å². The zero-order chi connectivity index (χ0) is 14.7. The van der Waals surface area contributed by atoms with Gasteiger partial charge in [0, 0.05) is 12.2 Å². The van der Waals surface area contributed by atoms with E-state index in [0.29, 0.717) is 19.1 Å². The monoisotopic (exact) mass is 326 g/mol. The van der Waals surface area contributed by atoms with E-state index in [9.17, 15) is 9.90 Å². The van der Waals surface area contributed by atoms with Gasteiger partial charge in [0.1, 0.15) is 5.75 Å². The van der Waals surface area contributed by atoms with Gasteiger partial charge in [-0.15, -0.1) is 12.4 Å². The van der Waals surface area contributed by atoms with Gasteiger partial charge in [-0.05, 0) is 56.4 Å². The minimum Gasteiger partial charge on any atom is -0.490 e. The van der Waals surface area contributed by atoms with Gasteiger partial charge in [-0.25, -0.2) is 0 Å². The fourth-order valence-corrected chi connectivity index (χ4v) is 2.96. The van der Waals surface area contributed by atoms with E-state index in [1.54, 1.807) is 0 Å². The van der Waals surface area contributed by atoms with E-state index < -0.39 is 6.10 Å². The minimum atomic E-state index is -0.428. The molecule has 1 aliphatic carbocycles. The first kappa shape index (κ1) is 17.1. The van der Waals surface area contributed by atoms with Crippen LogP contribution in [-0.4, -0.2) is 35.8 Å². The maximum absolute atomic E-state index is 12.0. The number of amides is 1. The molecule has 1 aromatic carbocycles. The maximum Gasteiger partial charge on any atom is 0.241 e. The van der Waals surface area contributed by atoms with E-state index in [0.717, 1.165) is 24.3 Å². The molecule has 2 aliphatic rings. The third-order valence-corrected chi connectivity index (χ3v) is 4.15. The molecule has 5 nitrogen and oxygen atoms in total. The molecule has 0 aromatic heterocycles. The third kappa shape index (κ3) is 4.35. The maximum atomic E-state index is 12.0. The number of ether oxygens (including phenoxy) is 1. The summed E-state index contributed by atoms with van der Waals surface area (Å²) in [4.78, 5) is 12.0. The zero-order valence-corrected chi connectivity index (χ0v) is 13.3. The summed E-state index contributed by atoms with van der Waals surface area (Å²) in [6.45, 7) is 0.478. The second-order valence-corrected chi connectivity index (χ2v) is 5.89. The van der Waals surface area contributed by atoms with Gasteiger partial charge in [-0.1, -0.05) is 0 Å². The number of carbonyl (C=O) groups excluding carboxylic acids is 1. The molecular formula is C16H23ClN2O3. The lowest BCUT2D eigenvalue weighted by Gasteiger charge is -2.14. The quantitative estimate of drug-likeness (QED) is 0.792. The summed E-state index contributed by atoms with van der Waals surface area (Å²) < 4.78 is 5.89. The molecule has 3 rings (SSSR count).